The molecule has 0 radical (unpaired) electrons. The van der Waals surface area contributed by atoms with Gasteiger partial charge in [0, 0.05) is 5.75 Å². The fourth-order valence-corrected chi connectivity index (χ4v) is 3.51. The Morgan fingerprint density at radius 2 is 1.82 bits per heavy atom. The predicted molar refractivity (Wildman–Crippen MR) is 90.6 cm³/mol. The largest absolute Gasteiger partial charge is 0.496 e. The van der Waals surface area contributed by atoms with Crippen LogP contribution < -0.4 is 14.6 Å². The third-order valence-corrected chi connectivity index (χ3v) is 4.78. The number of nitrogens with one attached hydrogen (secondary N) is 1. The lowest BCUT2D eigenvalue weighted by Crippen LogP contribution is -2.13. The first-order chi connectivity index (χ1) is 10.5. The highest BCUT2D eigenvalue weighted by atomic mass is 32.2. The van der Waals surface area contributed by atoms with Gasteiger partial charge in [-0.3, -0.25) is 0 Å². The summed E-state index contributed by atoms with van der Waals surface area (Å²) in [6, 6.07) is 14.4. The Bertz CT molecular complexity index is 733. The predicted octanol–water partition coefficient (Wildman–Crippen LogP) is 2.65. The van der Waals surface area contributed by atoms with Crippen LogP contribution >= 0.6 is 11.9 Å². The lowest BCUT2D eigenvalue weighted by molar-refractivity contribution is 0.410. The summed E-state index contributed by atoms with van der Waals surface area (Å²) in [5.74, 6) is 1.62. The zero-order chi connectivity index (χ0) is 16.0. The number of ether oxygens (including phenoxy) is 1. The molecule has 2 aromatic carbocycles. The third kappa shape index (κ3) is 4.40. The molecular weight excluding hydrogens is 320 g/mol. The van der Waals surface area contributed by atoms with Gasteiger partial charge < -0.3 is 9.46 Å². The van der Waals surface area contributed by atoms with Crippen LogP contribution in [-0.4, -0.2) is 21.3 Å². The first-order valence-corrected chi connectivity index (χ1v) is 9.17. The lowest BCUT2D eigenvalue weighted by atomic mass is 10.1. The summed E-state index contributed by atoms with van der Waals surface area (Å²) in [6.45, 7) is 0. The van der Waals surface area contributed by atoms with Crippen LogP contribution in [0.2, 0.25) is 0 Å². The first kappa shape index (κ1) is 16.7. The third-order valence-electron chi connectivity index (χ3n) is 3.04. The molecule has 7 heteroatoms. The summed E-state index contributed by atoms with van der Waals surface area (Å²) >= 11 is 1.43. The molecule has 0 spiro atoms. The Kier molecular flexibility index (Phi) is 5.70. The maximum Gasteiger partial charge on any atom is 0.240 e. The van der Waals surface area contributed by atoms with E-state index in [2.05, 4.69) is 4.72 Å². The molecule has 2 rings (SSSR count). The van der Waals surface area contributed by atoms with Gasteiger partial charge >= 0.3 is 0 Å². The van der Waals surface area contributed by atoms with Gasteiger partial charge in [0.1, 0.15) is 10.6 Å². The van der Waals surface area contributed by atoms with Crippen molar-refractivity contribution >= 4 is 27.7 Å². The molecule has 0 heterocycles. The van der Waals surface area contributed by atoms with Gasteiger partial charge in [0.2, 0.25) is 10.0 Å². The highest BCUT2D eigenvalue weighted by Gasteiger charge is 2.12. The number of hydrogen-bond acceptors (Lipinski definition) is 5. The van der Waals surface area contributed by atoms with E-state index in [-0.39, 0.29) is 4.90 Å². The molecule has 0 saturated carbocycles. The number of hydrogen-bond donors (Lipinski definition) is 2. The van der Waals surface area contributed by atoms with Gasteiger partial charge in [0.05, 0.1) is 12.8 Å². The van der Waals surface area contributed by atoms with Crippen LogP contribution in [0.3, 0.4) is 0 Å². The van der Waals surface area contributed by atoms with Crippen molar-refractivity contribution in [3.05, 3.63) is 54.1 Å². The maximum atomic E-state index is 11.5. The Hall–Kier alpha value is -1.70. The highest BCUT2D eigenvalue weighted by Crippen LogP contribution is 2.24. The van der Waals surface area contributed by atoms with Crippen LogP contribution in [0.4, 0.5) is 5.69 Å². The number of para-hydroxylation sites is 2. The Morgan fingerprint density at radius 3 is 2.55 bits per heavy atom. The molecule has 22 heavy (non-hydrogen) atoms. The lowest BCUT2D eigenvalue weighted by Gasteiger charge is -2.11. The topological polar surface area (TPSA) is 81.4 Å². The molecule has 0 saturated heterocycles. The van der Waals surface area contributed by atoms with Gasteiger partial charge in [-0.05, 0) is 30.2 Å². The second-order valence-electron chi connectivity index (χ2n) is 4.55. The van der Waals surface area contributed by atoms with Gasteiger partial charge in [-0.25, -0.2) is 13.6 Å². The fourth-order valence-electron chi connectivity index (χ4n) is 2.00. The number of primary sulfonamides is 1. The van der Waals surface area contributed by atoms with Crippen LogP contribution in [0.1, 0.15) is 5.56 Å². The summed E-state index contributed by atoms with van der Waals surface area (Å²) < 4.78 is 31.3. The minimum Gasteiger partial charge on any atom is -0.496 e. The summed E-state index contributed by atoms with van der Waals surface area (Å²) in [5.41, 5.74) is 1.61. The summed E-state index contributed by atoms with van der Waals surface area (Å²) in [4.78, 5) is 0.0970. The molecule has 5 nitrogen and oxygen atoms in total. The number of rotatable bonds is 7. The molecule has 0 aliphatic carbocycles. The Balaban J connectivity index is 1.95. The molecular formula is C15H18N2O3S2. The average Bonchev–Trinajstić information content (AvgIpc) is 2.51. The van der Waals surface area contributed by atoms with Gasteiger partial charge in [0.25, 0.3) is 0 Å². The van der Waals surface area contributed by atoms with Crippen molar-refractivity contribution < 1.29 is 13.2 Å². The molecule has 0 amide bonds. The van der Waals surface area contributed by atoms with Crippen molar-refractivity contribution in [1.82, 2.24) is 0 Å². The Labute approximate surface area is 135 Å². The number of anilines is 1. The smallest absolute Gasteiger partial charge is 0.240 e. The van der Waals surface area contributed by atoms with Gasteiger partial charge in [-0.1, -0.05) is 42.3 Å². The SMILES string of the molecule is COc1ccccc1CCSNc1ccccc1S(N)(=O)=O. The van der Waals surface area contributed by atoms with Crippen molar-refractivity contribution in [2.45, 2.75) is 11.3 Å². The number of sulfonamides is 1. The van der Waals surface area contributed by atoms with E-state index in [1.54, 1.807) is 25.3 Å². The number of aryl methyl sites for hydroxylation is 1. The molecule has 0 atom stereocenters. The molecule has 0 unspecified atom stereocenters. The van der Waals surface area contributed by atoms with Crippen molar-refractivity contribution in [2.75, 3.05) is 17.6 Å². The van der Waals surface area contributed by atoms with E-state index in [1.165, 1.54) is 18.0 Å². The monoisotopic (exact) mass is 338 g/mol. The second kappa shape index (κ2) is 7.53. The van der Waals surface area contributed by atoms with Gasteiger partial charge in [0.15, 0.2) is 0 Å². The zero-order valence-corrected chi connectivity index (χ0v) is 13.8. The van der Waals surface area contributed by atoms with E-state index in [0.29, 0.717) is 5.69 Å². The summed E-state index contributed by atoms with van der Waals surface area (Å²) in [5, 5.41) is 5.20. The molecule has 0 fully saturated rings. The normalized spacial score (nSPS) is 11.2. The molecule has 0 aromatic heterocycles. The maximum absolute atomic E-state index is 11.5. The van der Waals surface area contributed by atoms with Gasteiger partial charge in [-0.2, -0.15) is 0 Å². The van der Waals surface area contributed by atoms with Crippen molar-refractivity contribution in [1.29, 1.82) is 0 Å². The minimum absolute atomic E-state index is 0.0970. The Morgan fingerprint density at radius 1 is 1.14 bits per heavy atom. The molecule has 3 N–H and O–H groups in total. The molecule has 2 aromatic rings. The van der Waals surface area contributed by atoms with E-state index < -0.39 is 10.0 Å². The van der Waals surface area contributed by atoms with E-state index in [4.69, 9.17) is 9.88 Å². The van der Waals surface area contributed by atoms with E-state index in [1.807, 2.05) is 24.3 Å². The summed E-state index contributed by atoms with van der Waals surface area (Å²) in [7, 11) is -2.08. The average molecular weight is 338 g/mol. The second-order valence-corrected chi connectivity index (χ2v) is 6.98. The highest BCUT2D eigenvalue weighted by molar-refractivity contribution is 8.00. The fraction of sp³-hybridized carbons (Fsp3) is 0.200. The van der Waals surface area contributed by atoms with Gasteiger partial charge in [-0.15, -0.1) is 0 Å². The molecule has 0 aliphatic rings. The number of nitrogens with two attached hydrogens (primary N) is 1. The molecule has 0 aliphatic heterocycles. The van der Waals surface area contributed by atoms with Crippen LogP contribution in [-0.2, 0) is 16.4 Å². The van der Waals surface area contributed by atoms with Crippen LogP contribution in [0.5, 0.6) is 5.75 Å². The van der Waals surface area contributed by atoms with E-state index in [9.17, 15) is 8.42 Å². The van der Waals surface area contributed by atoms with Crippen LogP contribution in [0, 0.1) is 0 Å². The van der Waals surface area contributed by atoms with Crippen molar-refractivity contribution in [3.8, 4) is 5.75 Å². The van der Waals surface area contributed by atoms with Crippen LogP contribution in [0.15, 0.2) is 53.4 Å². The van der Waals surface area contributed by atoms with E-state index in [0.717, 1.165) is 23.5 Å². The molecule has 118 valence electrons. The first-order valence-electron chi connectivity index (χ1n) is 6.64. The molecule has 0 bridgehead atoms. The van der Waals surface area contributed by atoms with E-state index >= 15 is 0 Å². The quantitative estimate of drug-likeness (QED) is 0.599. The number of benzene rings is 2. The summed E-state index contributed by atoms with van der Waals surface area (Å²) in [6.07, 6.45) is 0.805. The van der Waals surface area contributed by atoms with Crippen LogP contribution in [0.25, 0.3) is 0 Å². The number of methoxy groups -OCH3 is 1. The van der Waals surface area contributed by atoms with Crippen molar-refractivity contribution in [2.24, 2.45) is 5.14 Å². The zero-order valence-electron chi connectivity index (χ0n) is 12.2. The van der Waals surface area contributed by atoms with Crippen molar-refractivity contribution in [3.63, 3.8) is 0 Å². The minimum atomic E-state index is -3.73. The standard InChI is InChI=1S/C15H18N2O3S2/c1-20-14-8-4-2-6-12(14)10-11-21-17-13-7-3-5-9-15(13)22(16,18)19/h2-9,17H,10-11H2,1H3,(H2,16,18,19).